The predicted octanol–water partition coefficient (Wildman–Crippen LogP) is 7.15. The maximum Gasteiger partial charge on any atom is 0.223 e. The van der Waals surface area contributed by atoms with Gasteiger partial charge < -0.3 is 4.90 Å². The molecule has 3 aromatic carbocycles. The first-order valence-corrected chi connectivity index (χ1v) is 12.8. The highest BCUT2D eigenvalue weighted by molar-refractivity contribution is 7.98. The number of carbonyl (C=O) groups is 1. The Balaban J connectivity index is 1.52. The summed E-state index contributed by atoms with van der Waals surface area (Å²) in [5.41, 5.74) is 2.69. The Hall–Kier alpha value is -2.73. The second-order valence-corrected chi connectivity index (χ2v) is 9.95. The van der Waals surface area contributed by atoms with E-state index in [2.05, 4.69) is 6.26 Å². The molecule has 1 fully saturated rings. The van der Waals surface area contributed by atoms with Gasteiger partial charge in [-0.05, 0) is 72.7 Å². The Kier molecular flexibility index (Phi) is 7.36. The standard InChI is InChI=1S/C28H28F3NOS/c1-19(20-3-5-21(6-4-20)25-12-11-24(30)17-26(25)31)32-15-13-28(14-16-34-2,18-27(32)33)22-7-9-23(29)10-8-22/h3-12,17,19H,13-16,18H2,1-2H3/t19-,28+/m0/s1. The Morgan fingerprint density at radius 3 is 2.26 bits per heavy atom. The number of benzene rings is 3. The molecule has 0 saturated carbocycles. The van der Waals surface area contributed by atoms with Crippen molar-refractivity contribution in [2.75, 3.05) is 18.6 Å². The van der Waals surface area contributed by atoms with Crippen LogP contribution in [-0.2, 0) is 10.2 Å². The highest BCUT2D eigenvalue weighted by atomic mass is 32.2. The van der Waals surface area contributed by atoms with Gasteiger partial charge in [-0.3, -0.25) is 4.79 Å². The summed E-state index contributed by atoms with van der Waals surface area (Å²) in [5, 5.41) is 0. The second kappa shape index (κ2) is 10.3. The molecule has 1 amide bonds. The van der Waals surface area contributed by atoms with Crippen molar-refractivity contribution >= 4 is 17.7 Å². The third-order valence-electron chi connectivity index (χ3n) is 6.99. The van der Waals surface area contributed by atoms with Crippen LogP contribution in [0.1, 0.15) is 43.4 Å². The summed E-state index contributed by atoms with van der Waals surface area (Å²) in [4.78, 5) is 15.3. The number of carbonyl (C=O) groups excluding carboxylic acids is 1. The Labute approximate surface area is 203 Å². The molecule has 0 spiro atoms. The fourth-order valence-electron chi connectivity index (χ4n) is 4.90. The zero-order valence-electron chi connectivity index (χ0n) is 19.4. The number of thioether (sulfide) groups is 1. The molecule has 1 aliphatic rings. The monoisotopic (exact) mass is 483 g/mol. The van der Waals surface area contributed by atoms with Crippen LogP contribution in [0.4, 0.5) is 13.2 Å². The summed E-state index contributed by atoms with van der Waals surface area (Å²) in [5.74, 6) is -0.469. The average Bonchev–Trinajstić information content (AvgIpc) is 2.83. The van der Waals surface area contributed by atoms with Crippen molar-refractivity contribution in [3.8, 4) is 11.1 Å². The van der Waals surface area contributed by atoms with E-state index < -0.39 is 11.6 Å². The van der Waals surface area contributed by atoms with Gasteiger partial charge in [-0.2, -0.15) is 11.8 Å². The molecule has 1 saturated heterocycles. The summed E-state index contributed by atoms with van der Waals surface area (Å²) in [6, 6.07) is 17.4. The maximum absolute atomic E-state index is 14.1. The number of amides is 1. The molecule has 178 valence electrons. The van der Waals surface area contributed by atoms with E-state index in [-0.39, 0.29) is 23.2 Å². The van der Waals surface area contributed by atoms with Crippen molar-refractivity contribution in [2.24, 2.45) is 0 Å². The summed E-state index contributed by atoms with van der Waals surface area (Å²) < 4.78 is 40.9. The van der Waals surface area contributed by atoms with Crippen LogP contribution in [0.3, 0.4) is 0 Å². The molecular weight excluding hydrogens is 455 g/mol. The molecule has 3 aromatic rings. The van der Waals surface area contributed by atoms with Gasteiger partial charge in [-0.1, -0.05) is 36.4 Å². The summed E-state index contributed by atoms with van der Waals surface area (Å²) in [6.45, 7) is 2.61. The lowest BCUT2D eigenvalue weighted by molar-refractivity contribution is -0.138. The highest BCUT2D eigenvalue weighted by Crippen LogP contribution is 2.42. The van der Waals surface area contributed by atoms with Crippen LogP contribution >= 0.6 is 11.8 Å². The Bertz CT molecular complexity index is 1150. The van der Waals surface area contributed by atoms with Crippen LogP contribution in [0.25, 0.3) is 11.1 Å². The van der Waals surface area contributed by atoms with Crippen LogP contribution < -0.4 is 0 Å². The first kappa shape index (κ1) is 24.4. The molecule has 2 nitrogen and oxygen atoms in total. The maximum atomic E-state index is 14.1. The van der Waals surface area contributed by atoms with Crippen LogP contribution in [0.2, 0.25) is 0 Å². The summed E-state index contributed by atoms with van der Waals surface area (Å²) in [6.07, 6.45) is 4.13. The van der Waals surface area contributed by atoms with Gasteiger partial charge in [0.15, 0.2) is 0 Å². The number of rotatable bonds is 7. The quantitative estimate of drug-likeness (QED) is 0.356. The van der Waals surface area contributed by atoms with E-state index in [1.165, 1.54) is 24.3 Å². The summed E-state index contributed by atoms with van der Waals surface area (Å²) >= 11 is 1.75. The molecule has 2 atom stereocenters. The molecule has 34 heavy (non-hydrogen) atoms. The van der Waals surface area contributed by atoms with Crippen LogP contribution in [0.15, 0.2) is 66.7 Å². The van der Waals surface area contributed by atoms with E-state index in [4.69, 9.17) is 0 Å². The van der Waals surface area contributed by atoms with Gasteiger partial charge in [-0.25, -0.2) is 13.2 Å². The molecule has 1 heterocycles. The molecule has 0 unspecified atom stereocenters. The lowest BCUT2D eigenvalue weighted by atomic mass is 9.70. The van der Waals surface area contributed by atoms with Crippen molar-refractivity contribution in [2.45, 2.75) is 37.6 Å². The first-order chi connectivity index (χ1) is 16.3. The number of hydrogen-bond donors (Lipinski definition) is 0. The topological polar surface area (TPSA) is 20.3 Å². The first-order valence-electron chi connectivity index (χ1n) is 11.4. The van der Waals surface area contributed by atoms with Gasteiger partial charge in [0, 0.05) is 30.0 Å². The van der Waals surface area contributed by atoms with E-state index in [0.29, 0.717) is 24.1 Å². The molecule has 0 aliphatic carbocycles. The summed E-state index contributed by atoms with van der Waals surface area (Å²) in [7, 11) is 0. The van der Waals surface area contributed by atoms with Gasteiger partial charge in [0.2, 0.25) is 5.91 Å². The average molecular weight is 484 g/mol. The zero-order chi connectivity index (χ0) is 24.3. The van der Waals surface area contributed by atoms with E-state index in [0.717, 1.165) is 35.8 Å². The molecule has 0 bridgehead atoms. The SMILES string of the molecule is CSCC[C@]1(c2ccc(F)cc2)CCN([C@@H](C)c2ccc(-c3ccc(F)cc3F)cc2)C(=O)C1. The number of hydrogen-bond acceptors (Lipinski definition) is 2. The third kappa shape index (κ3) is 5.02. The van der Waals surface area contributed by atoms with E-state index >= 15 is 0 Å². The van der Waals surface area contributed by atoms with Crippen LogP contribution in [0, 0.1) is 17.5 Å². The molecule has 0 N–H and O–H groups in total. The second-order valence-electron chi connectivity index (χ2n) is 8.97. The van der Waals surface area contributed by atoms with Gasteiger partial charge >= 0.3 is 0 Å². The minimum absolute atomic E-state index is 0.0813. The number of nitrogens with zero attached hydrogens (tertiary/aromatic N) is 1. The van der Waals surface area contributed by atoms with Crippen LogP contribution in [0.5, 0.6) is 0 Å². The van der Waals surface area contributed by atoms with Gasteiger partial charge in [0.05, 0.1) is 6.04 Å². The number of piperidine rings is 1. The van der Waals surface area contributed by atoms with E-state index in [1.54, 1.807) is 23.9 Å². The van der Waals surface area contributed by atoms with Crippen LogP contribution in [-0.4, -0.2) is 29.4 Å². The molecule has 4 rings (SSSR count). The fraction of sp³-hybridized carbons (Fsp3) is 0.321. The lowest BCUT2D eigenvalue weighted by Gasteiger charge is -2.44. The van der Waals surface area contributed by atoms with Gasteiger partial charge in [-0.15, -0.1) is 0 Å². The molecule has 0 aromatic heterocycles. The van der Waals surface area contributed by atoms with E-state index in [9.17, 15) is 18.0 Å². The smallest absolute Gasteiger partial charge is 0.223 e. The number of likely N-dealkylation sites (tertiary alicyclic amines) is 1. The highest BCUT2D eigenvalue weighted by Gasteiger charge is 2.41. The predicted molar refractivity (Wildman–Crippen MR) is 132 cm³/mol. The van der Waals surface area contributed by atoms with E-state index in [1.807, 2.05) is 36.1 Å². The van der Waals surface area contributed by atoms with Crippen molar-refractivity contribution in [1.29, 1.82) is 0 Å². The van der Waals surface area contributed by atoms with Crippen molar-refractivity contribution < 1.29 is 18.0 Å². The minimum Gasteiger partial charge on any atom is -0.336 e. The molecule has 0 radical (unpaired) electrons. The van der Waals surface area contributed by atoms with Gasteiger partial charge in [0.1, 0.15) is 17.5 Å². The van der Waals surface area contributed by atoms with Crippen molar-refractivity contribution in [3.05, 3.63) is 95.3 Å². The number of halogens is 3. The van der Waals surface area contributed by atoms with Gasteiger partial charge in [0.25, 0.3) is 0 Å². The van der Waals surface area contributed by atoms with Crippen molar-refractivity contribution in [1.82, 2.24) is 4.90 Å². The lowest BCUT2D eigenvalue weighted by Crippen LogP contribution is -2.47. The minimum atomic E-state index is -0.607. The normalized spacial score (nSPS) is 19.3. The zero-order valence-corrected chi connectivity index (χ0v) is 20.2. The molecular formula is C28H28F3NOS. The fourth-order valence-corrected chi connectivity index (χ4v) is 5.49. The Morgan fingerprint density at radius 1 is 0.971 bits per heavy atom. The largest absolute Gasteiger partial charge is 0.336 e. The van der Waals surface area contributed by atoms with Crippen molar-refractivity contribution in [3.63, 3.8) is 0 Å². The molecule has 6 heteroatoms. The Morgan fingerprint density at radius 2 is 1.65 bits per heavy atom. The third-order valence-corrected chi connectivity index (χ3v) is 7.60. The molecule has 1 aliphatic heterocycles.